The van der Waals surface area contributed by atoms with Crippen LogP contribution in [-0.4, -0.2) is 16.8 Å². The maximum atomic E-state index is 13.7. The van der Waals surface area contributed by atoms with Gasteiger partial charge in [-0.1, -0.05) is 75.4 Å². The Morgan fingerprint density at radius 2 is 1.24 bits per heavy atom. The van der Waals surface area contributed by atoms with Gasteiger partial charge < -0.3 is 4.74 Å². The molecule has 1 atom stereocenters. The van der Waals surface area contributed by atoms with Crippen molar-refractivity contribution in [3.8, 4) is 11.5 Å². The molecular weight excluding hydrogens is 380 g/mol. The summed E-state index contributed by atoms with van der Waals surface area (Å²) in [5.41, 5.74) is -0.0892. The lowest BCUT2D eigenvalue weighted by Gasteiger charge is -2.27. The number of hydrogen-bond acceptors (Lipinski definition) is 3. The number of Topliss-reactive ketones (excluding diaryl/α,β-unsaturated/α-hetero) is 2. The highest BCUT2D eigenvalue weighted by Crippen LogP contribution is 2.46. The lowest BCUT2D eigenvalue weighted by molar-refractivity contribution is -0.124. The molecule has 0 saturated carbocycles. The first-order chi connectivity index (χ1) is 13.9. The van der Waals surface area contributed by atoms with Gasteiger partial charge >= 0.3 is 0 Å². The number of rotatable bonds is 4. The largest absolute Gasteiger partial charge is 0.447 e. The van der Waals surface area contributed by atoms with E-state index in [2.05, 4.69) is 0 Å². The van der Waals surface area contributed by atoms with Crippen molar-refractivity contribution in [1.82, 2.24) is 0 Å². The van der Waals surface area contributed by atoms with Gasteiger partial charge in [0.05, 0.1) is 10.9 Å². The van der Waals surface area contributed by atoms with Crippen LogP contribution in [0.25, 0.3) is 0 Å². The molecule has 3 aromatic carbocycles. The third kappa shape index (κ3) is 3.60. The van der Waals surface area contributed by atoms with Gasteiger partial charge in [-0.05, 0) is 24.3 Å². The zero-order valence-corrected chi connectivity index (χ0v) is 17.5. The van der Waals surface area contributed by atoms with E-state index < -0.39 is 21.6 Å². The van der Waals surface area contributed by atoms with Crippen molar-refractivity contribution < 1.29 is 14.3 Å². The van der Waals surface area contributed by atoms with Crippen LogP contribution in [0.5, 0.6) is 11.5 Å². The van der Waals surface area contributed by atoms with Gasteiger partial charge in [0.1, 0.15) is 0 Å². The normalized spacial score (nSPS) is 14.3. The SMILES string of the molecule is CC(C)(C)C(=O)C(C(=O)c1ccccc1)[S+]1c2ccccc2Oc2ccccc21. The summed E-state index contributed by atoms with van der Waals surface area (Å²) in [6, 6.07) is 24.5. The fourth-order valence-corrected chi connectivity index (χ4v) is 6.17. The monoisotopic (exact) mass is 403 g/mol. The summed E-state index contributed by atoms with van der Waals surface area (Å²) in [5.74, 6) is 1.23. The van der Waals surface area contributed by atoms with Gasteiger partial charge in [-0.15, -0.1) is 0 Å². The topological polar surface area (TPSA) is 43.4 Å². The van der Waals surface area contributed by atoms with Crippen molar-refractivity contribution in [2.45, 2.75) is 35.8 Å². The minimum atomic E-state index is -0.802. The Morgan fingerprint density at radius 1 is 0.759 bits per heavy atom. The summed E-state index contributed by atoms with van der Waals surface area (Å²) >= 11 is 0. The number of para-hydroxylation sites is 2. The molecular formula is C25H23O3S+. The van der Waals surface area contributed by atoms with E-state index >= 15 is 0 Å². The molecule has 1 unspecified atom stereocenters. The minimum Gasteiger partial charge on any atom is -0.447 e. The maximum Gasteiger partial charge on any atom is 0.249 e. The second-order valence-corrected chi connectivity index (χ2v) is 10.1. The van der Waals surface area contributed by atoms with Crippen LogP contribution in [0, 0.1) is 5.41 Å². The lowest BCUT2D eigenvalue weighted by Crippen LogP contribution is -2.44. The maximum absolute atomic E-state index is 13.7. The zero-order chi connectivity index (χ0) is 20.6. The minimum absolute atomic E-state index is 0.0545. The van der Waals surface area contributed by atoms with Gasteiger partial charge in [0.15, 0.2) is 17.3 Å². The van der Waals surface area contributed by atoms with Crippen molar-refractivity contribution in [3.05, 3.63) is 84.4 Å². The molecule has 0 N–H and O–H groups in total. The van der Waals surface area contributed by atoms with Crippen LogP contribution in [0.15, 0.2) is 88.7 Å². The van der Waals surface area contributed by atoms with Crippen LogP contribution in [0.1, 0.15) is 31.1 Å². The van der Waals surface area contributed by atoms with Gasteiger partial charge in [-0.2, -0.15) is 0 Å². The molecule has 1 aliphatic heterocycles. The van der Waals surface area contributed by atoms with E-state index in [-0.39, 0.29) is 11.6 Å². The first-order valence-electron chi connectivity index (χ1n) is 9.60. The highest BCUT2D eigenvalue weighted by Gasteiger charge is 2.53. The van der Waals surface area contributed by atoms with E-state index in [4.69, 9.17) is 4.74 Å². The average Bonchev–Trinajstić information content (AvgIpc) is 2.73. The molecule has 1 heterocycles. The summed E-state index contributed by atoms with van der Waals surface area (Å²) in [6.45, 7) is 5.63. The molecule has 3 nitrogen and oxygen atoms in total. The van der Waals surface area contributed by atoms with Crippen molar-refractivity contribution >= 4 is 22.5 Å². The van der Waals surface area contributed by atoms with Gasteiger partial charge in [0.25, 0.3) is 0 Å². The van der Waals surface area contributed by atoms with Crippen molar-refractivity contribution in [3.63, 3.8) is 0 Å². The van der Waals surface area contributed by atoms with Crippen LogP contribution in [0.4, 0.5) is 0 Å². The van der Waals surface area contributed by atoms with Crippen LogP contribution in [-0.2, 0) is 15.7 Å². The smallest absolute Gasteiger partial charge is 0.249 e. The summed E-state index contributed by atoms with van der Waals surface area (Å²) in [6.07, 6.45) is 0. The molecule has 1 aliphatic rings. The van der Waals surface area contributed by atoms with E-state index in [1.807, 2.05) is 87.5 Å². The first kappa shape index (κ1) is 19.5. The van der Waals surface area contributed by atoms with E-state index in [1.54, 1.807) is 12.1 Å². The molecule has 0 radical (unpaired) electrons. The molecule has 4 rings (SSSR count). The molecule has 0 aromatic heterocycles. The molecule has 4 heteroatoms. The lowest BCUT2D eigenvalue weighted by atomic mass is 9.86. The molecule has 3 aromatic rings. The number of carbonyl (C=O) groups excluding carboxylic acids is 2. The van der Waals surface area contributed by atoms with Crippen LogP contribution in [0.2, 0.25) is 0 Å². The van der Waals surface area contributed by atoms with Crippen LogP contribution in [0.3, 0.4) is 0 Å². The first-order valence-corrected chi connectivity index (χ1v) is 10.9. The Kier molecular flexibility index (Phi) is 5.05. The van der Waals surface area contributed by atoms with E-state index in [0.29, 0.717) is 17.1 Å². The Balaban J connectivity index is 1.94. The van der Waals surface area contributed by atoms with E-state index in [9.17, 15) is 9.59 Å². The third-order valence-electron chi connectivity index (χ3n) is 4.90. The van der Waals surface area contributed by atoms with Crippen molar-refractivity contribution in [1.29, 1.82) is 0 Å². The Hall–Kier alpha value is -2.85. The Morgan fingerprint density at radius 3 is 1.76 bits per heavy atom. The molecule has 29 heavy (non-hydrogen) atoms. The van der Waals surface area contributed by atoms with Crippen LogP contribution >= 0.6 is 0 Å². The van der Waals surface area contributed by atoms with E-state index in [0.717, 1.165) is 9.79 Å². The predicted octanol–water partition coefficient (Wildman–Crippen LogP) is 5.70. The van der Waals surface area contributed by atoms with Gasteiger partial charge in [0, 0.05) is 11.0 Å². The van der Waals surface area contributed by atoms with Gasteiger partial charge in [-0.25, -0.2) is 0 Å². The molecule has 0 aliphatic carbocycles. The fourth-order valence-electron chi connectivity index (χ4n) is 3.40. The summed E-state index contributed by atoms with van der Waals surface area (Å²) in [4.78, 5) is 29.1. The number of ether oxygens (including phenoxy) is 1. The van der Waals surface area contributed by atoms with Gasteiger partial charge in [0.2, 0.25) is 20.8 Å². The third-order valence-corrected chi connectivity index (χ3v) is 7.42. The summed E-state index contributed by atoms with van der Waals surface area (Å²) < 4.78 is 6.09. The molecule has 0 bridgehead atoms. The number of hydrogen-bond donors (Lipinski definition) is 0. The Bertz CT molecular complexity index is 1020. The molecule has 0 saturated heterocycles. The molecule has 146 valence electrons. The highest BCUT2D eigenvalue weighted by atomic mass is 32.2. The number of ketones is 2. The summed E-state index contributed by atoms with van der Waals surface area (Å²) in [7, 11) is -0.764. The van der Waals surface area contributed by atoms with Gasteiger partial charge in [-0.3, -0.25) is 9.59 Å². The number of fused-ring (bicyclic) bond motifs is 2. The molecule has 0 fully saturated rings. The van der Waals surface area contributed by atoms with Crippen molar-refractivity contribution in [2.75, 3.05) is 0 Å². The predicted molar refractivity (Wildman–Crippen MR) is 116 cm³/mol. The number of carbonyl (C=O) groups is 2. The quantitative estimate of drug-likeness (QED) is 0.319. The second kappa shape index (κ2) is 7.53. The highest BCUT2D eigenvalue weighted by molar-refractivity contribution is 7.99. The van der Waals surface area contributed by atoms with Crippen LogP contribution < -0.4 is 4.74 Å². The summed E-state index contributed by atoms with van der Waals surface area (Å²) in [5, 5.41) is -0.802. The number of benzene rings is 3. The molecule has 0 amide bonds. The molecule has 0 spiro atoms. The average molecular weight is 404 g/mol. The standard InChI is InChI=1S/C25H23O3S/c1-25(2,3)24(27)23(22(26)17-11-5-4-6-12-17)29-20-15-9-7-13-18(20)28-19-14-8-10-16-21(19)29/h4-16,23H,1-3H3/q+1. The fraction of sp³-hybridized carbons (Fsp3) is 0.200. The Labute approximate surface area is 174 Å². The zero-order valence-electron chi connectivity index (χ0n) is 16.7. The van der Waals surface area contributed by atoms with E-state index in [1.165, 1.54) is 0 Å². The second-order valence-electron chi connectivity index (χ2n) is 8.06. The van der Waals surface area contributed by atoms with Crippen molar-refractivity contribution in [2.24, 2.45) is 5.41 Å².